The van der Waals surface area contributed by atoms with E-state index in [0.29, 0.717) is 6.10 Å². The Bertz CT molecular complexity index is 152. The van der Waals surface area contributed by atoms with Crippen LogP contribution in [0, 0.1) is 0 Å². The fourth-order valence-electron chi connectivity index (χ4n) is 1.63. The van der Waals surface area contributed by atoms with Gasteiger partial charge in [-0.05, 0) is 0 Å². The molecule has 1 atom stereocenters. The van der Waals surface area contributed by atoms with Gasteiger partial charge in [-0.2, -0.15) is 0 Å². The molecular weight excluding hydrogens is 252 g/mol. The van der Waals surface area contributed by atoms with E-state index in [2.05, 4.69) is 33.9 Å². The van der Waals surface area contributed by atoms with Gasteiger partial charge in [0.05, 0.1) is 21.3 Å². The topological polar surface area (TPSA) is 116 Å². The van der Waals surface area contributed by atoms with Crippen LogP contribution in [0.15, 0.2) is 13.2 Å². The van der Waals surface area contributed by atoms with E-state index in [0.717, 1.165) is 19.4 Å². The molecule has 0 aromatic heterocycles. The summed E-state index contributed by atoms with van der Waals surface area (Å²) in [6.07, 6.45) is 1.47. The normalized spacial score (nSPS) is 16.1. The van der Waals surface area contributed by atoms with Crippen molar-refractivity contribution >= 4 is 8.07 Å². The molecule has 18 heavy (non-hydrogen) atoms. The number of hydrogen-bond donors (Lipinski definition) is 0. The van der Waals surface area contributed by atoms with Crippen LogP contribution in [0.4, 0.5) is 0 Å². The third kappa shape index (κ3) is 9.75. The van der Waals surface area contributed by atoms with Gasteiger partial charge in [-0.25, -0.2) is 0 Å². The summed E-state index contributed by atoms with van der Waals surface area (Å²) in [4.78, 5) is 0. The van der Waals surface area contributed by atoms with E-state index in [1.54, 1.807) is 0 Å². The van der Waals surface area contributed by atoms with Crippen LogP contribution < -0.4 is 0 Å². The Labute approximate surface area is 112 Å². The first kappa shape index (κ1) is 26.3. The van der Waals surface area contributed by atoms with Gasteiger partial charge in [0.1, 0.15) is 6.10 Å². The van der Waals surface area contributed by atoms with Crippen LogP contribution in [-0.4, -0.2) is 50.1 Å². The average Bonchev–Trinajstić information content (AvgIpc) is 3.12. The van der Waals surface area contributed by atoms with Crippen LogP contribution in [0.5, 0.6) is 0 Å². The summed E-state index contributed by atoms with van der Waals surface area (Å²) in [5.74, 6) is 0. The SMILES string of the molecule is C=C.CC[Si](CC)(CC)COCC1CO1.O.O.O. The summed E-state index contributed by atoms with van der Waals surface area (Å²) in [5, 5.41) is 0. The maximum Gasteiger partial charge on any atom is 0.104 e. The summed E-state index contributed by atoms with van der Waals surface area (Å²) in [7, 11) is -1.03. The monoisotopic (exact) mass is 284 g/mol. The molecule has 1 rings (SSSR count). The molecule has 1 unspecified atom stereocenters. The molecule has 6 N–H and O–H groups in total. The molecule has 0 saturated carbocycles. The molecule has 0 radical (unpaired) electrons. The van der Waals surface area contributed by atoms with Crippen molar-refractivity contribution in [2.24, 2.45) is 0 Å². The van der Waals surface area contributed by atoms with Gasteiger partial charge < -0.3 is 25.9 Å². The second kappa shape index (κ2) is 14.8. The zero-order chi connectivity index (χ0) is 11.7. The Morgan fingerprint density at radius 1 is 1.06 bits per heavy atom. The quantitative estimate of drug-likeness (QED) is 0.390. The highest BCUT2D eigenvalue weighted by atomic mass is 28.3. The van der Waals surface area contributed by atoms with Gasteiger partial charge in [0, 0.05) is 6.23 Å². The van der Waals surface area contributed by atoms with E-state index in [-0.39, 0.29) is 16.4 Å². The summed E-state index contributed by atoms with van der Waals surface area (Å²) in [5.41, 5.74) is 0. The van der Waals surface area contributed by atoms with Crippen molar-refractivity contribution in [3.8, 4) is 0 Å². The van der Waals surface area contributed by atoms with Gasteiger partial charge in [-0.3, -0.25) is 0 Å². The highest BCUT2D eigenvalue weighted by molar-refractivity contribution is 6.79. The second-order valence-corrected chi connectivity index (χ2v) is 9.44. The van der Waals surface area contributed by atoms with Crippen LogP contribution in [-0.2, 0) is 9.47 Å². The number of rotatable bonds is 7. The average molecular weight is 284 g/mol. The molecule has 0 bridgehead atoms. The van der Waals surface area contributed by atoms with E-state index >= 15 is 0 Å². The molecule has 1 aliphatic heterocycles. The van der Waals surface area contributed by atoms with E-state index in [4.69, 9.17) is 9.47 Å². The first-order valence-corrected chi connectivity index (χ1v) is 8.78. The lowest BCUT2D eigenvalue weighted by Crippen LogP contribution is -2.38. The number of hydrogen-bond acceptors (Lipinski definition) is 2. The fraction of sp³-hybridized carbons (Fsp3) is 0.833. The first-order chi connectivity index (χ1) is 7.26. The van der Waals surface area contributed by atoms with Crippen LogP contribution >= 0.6 is 0 Å². The minimum absolute atomic E-state index is 0. The molecule has 0 aromatic rings. The Kier molecular flexibility index (Phi) is 21.7. The number of epoxide rings is 1. The Balaban J connectivity index is -0.000000186. The van der Waals surface area contributed by atoms with E-state index in [1.807, 2.05) is 0 Å². The molecule has 0 aromatic carbocycles. The molecule has 0 aliphatic carbocycles. The van der Waals surface area contributed by atoms with Crippen LogP contribution in [0.25, 0.3) is 0 Å². The molecule has 1 aliphatic rings. The van der Waals surface area contributed by atoms with Crippen LogP contribution in [0.1, 0.15) is 20.8 Å². The largest absolute Gasteiger partial charge is 0.412 e. The van der Waals surface area contributed by atoms with Crippen molar-refractivity contribution in [3.63, 3.8) is 0 Å². The summed E-state index contributed by atoms with van der Waals surface area (Å²) < 4.78 is 10.8. The van der Waals surface area contributed by atoms with Gasteiger partial charge >= 0.3 is 0 Å². The third-order valence-corrected chi connectivity index (χ3v) is 8.68. The molecule has 0 amide bonds. The van der Waals surface area contributed by atoms with Crippen molar-refractivity contribution < 1.29 is 25.9 Å². The standard InChI is InChI=1S/C10H22O2Si.C2H4.3H2O/c1-4-13(5-2,6-3)9-11-7-10-8-12-10;1-2;;;/h10H,4-9H2,1-3H3;1-2H2;3*1H2. The molecule has 1 saturated heterocycles. The highest BCUT2D eigenvalue weighted by Gasteiger charge is 2.29. The Morgan fingerprint density at radius 3 is 1.72 bits per heavy atom. The van der Waals surface area contributed by atoms with Crippen LogP contribution in [0.3, 0.4) is 0 Å². The van der Waals surface area contributed by atoms with Gasteiger partial charge in [-0.1, -0.05) is 38.9 Å². The zero-order valence-electron chi connectivity index (χ0n) is 12.1. The van der Waals surface area contributed by atoms with Crippen molar-refractivity contribution in [2.75, 3.05) is 19.4 Å². The van der Waals surface area contributed by atoms with Gasteiger partial charge in [0.25, 0.3) is 0 Å². The molecule has 6 heteroatoms. The van der Waals surface area contributed by atoms with Crippen molar-refractivity contribution in [2.45, 2.75) is 45.0 Å². The lowest BCUT2D eigenvalue weighted by atomic mass is 10.5. The maximum absolute atomic E-state index is 5.73. The lowest BCUT2D eigenvalue weighted by Gasteiger charge is -2.27. The molecule has 5 nitrogen and oxygen atoms in total. The minimum Gasteiger partial charge on any atom is -0.412 e. The fourth-order valence-corrected chi connectivity index (χ4v) is 4.29. The molecule has 1 heterocycles. The van der Waals surface area contributed by atoms with Gasteiger partial charge in [-0.15, -0.1) is 13.2 Å². The molecule has 1 fully saturated rings. The van der Waals surface area contributed by atoms with Gasteiger partial charge in [0.15, 0.2) is 0 Å². The smallest absolute Gasteiger partial charge is 0.104 e. The lowest BCUT2D eigenvalue weighted by molar-refractivity contribution is 0.149. The molecule has 114 valence electrons. The second-order valence-electron chi connectivity index (χ2n) is 4.03. The predicted molar refractivity (Wildman–Crippen MR) is 79.9 cm³/mol. The van der Waals surface area contributed by atoms with Crippen molar-refractivity contribution in [3.05, 3.63) is 13.2 Å². The minimum atomic E-state index is -1.03. The summed E-state index contributed by atoms with van der Waals surface area (Å²) >= 11 is 0. The molecule has 0 spiro atoms. The number of ether oxygens (including phenoxy) is 2. The first-order valence-electron chi connectivity index (χ1n) is 5.95. The summed E-state index contributed by atoms with van der Waals surface area (Å²) in [6, 6.07) is 4.06. The van der Waals surface area contributed by atoms with E-state index in [9.17, 15) is 0 Å². The Hall–Kier alpha value is -0.243. The Morgan fingerprint density at radius 2 is 1.44 bits per heavy atom. The van der Waals surface area contributed by atoms with E-state index in [1.165, 1.54) is 18.1 Å². The highest BCUT2D eigenvalue weighted by Crippen LogP contribution is 2.21. The maximum atomic E-state index is 5.73. The van der Waals surface area contributed by atoms with Crippen molar-refractivity contribution in [1.29, 1.82) is 0 Å². The van der Waals surface area contributed by atoms with Gasteiger partial charge in [0.2, 0.25) is 0 Å². The van der Waals surface area contributed by atoms with Crippen LogP contribution in [0.2, 0.25) is 18.1 Å². The summed E-state index contributed by atoms with van der Waals surface area (Å²) in [6.45, 7) is 14.7. The third-order valence-electron chi connectivity index (χ3n) is 3.36. The predicted octanol–water partition coefficient (Wildman–Crippen LogP) is 0.778. The van der Waals surface area contributed by atoms with E-state index < -0.39 is 8.07 Å². The van der Waals surface area contributed by atoms with Crippen molar-refractivity contribution in [1.82, 2.24) is 0 Å². The zero-order valence-corrected chi connectivity index (χ0v) is 13.1. The molecular formula is C12H32O5Si.